The van der Waals surface area contributed by atoms with E-state index in [0.717, 1.165) is 15.8 Å². The second-order valence-corrected chi connectivity index (χ2v) is 6.28. The van der Waals surface area contributed by atoms with Crippen LogP contribution in [0.15, 0.2) is 48.0 Å². The van der Waals surface area contributed by atoms with Crippen molar-refractivity contribution in [1.82, 2.24) is 10.3 Å². The largest absolute Gasteiger partial charge is 0.375 e. The van der Waals surface area contributed by atoms with Gasteiger partial charge in [-0.3, -0.25) is 4.79 Å². The van der Waals surface area contributed by atoms with E-state index in [-0.39, 0.29) is 12.0 Å². The lowest BCUT2D eigenvalue weighted by Gasteiger charge is -2.17. The van der Waals surface area contributed by atoms with Crippen LogP contribution in [0.2, 0.25) is 5.02 Å². The maximum absolute atomic E-state index is 12.3. The Balaban J connectivity index is 1.71. The number of carbonyl (C=O) groups is 1. The SMILES string of the molecule is CO[C@H](CNC(=O)c1ccc2ncsc2c1)c1ccccc1Cl. The van der Waals surface area contributed by atoms with Gasteiger partial charge in [0.2, 0.25) is 0 Å². The quantitative estimate of drug-likeness (QED) is 0.757. The molecule has 6 heteroatoms. The van der Waals surface area contributed by atoms with Gasteiger partial charge in [-0.25, -0.2) is 4.98 Å². The third kappa shape index (κ3) is 3.52. The van der Waals surface area contributed by atoms with Crippen molar-refractivity contribution in [2.75, 3.05) is 13.7 Å². The summed E-state index contributed by atoms with van der Waals surface area (Å²) in [5.41, 5.74) is 4.13. The molecule has 23 heavy (non-hydrogen) atoms. The lowest BCUT2D eigenvalue weighted by molar-refractivity contribution is 0.0828. The van der Waals surface area contributed by atoms with Gasteiger partial charge in [-0.1, -0.05) is 29.8 Å². The molecule has 1 amide bonds. The van der Waals surface area contributed by atoms with Crippen LogP contribution in [0.4, 0.5) is 0 Å². The number of nitrogens with zero attached hydrogens (tertiary/aromatic N) is 1. The molecular formula is C17H15ClN2O2S. The monoisotopic (exact) mass is 346 g/mol. The Labute approximate surface area is 143 Å². The van der Waals surface area contributed by atoms with Crippen molar-refractivity contribution in [1.29, 1.82) is 0 Å². The van der Waals surface area contributed by atoms with Crippen molar-refractivity contribution in [2.45, 2.75) is 6.10 Å². The average Bonchev–Trinajstić information content (AvgIpc) is 3.04. The Bertz CT molecular complexity index is 834. The predicted molar refractivity (Wildman–Crippen MR) is 93.2 cm³/mol. The van der Waals surface area contributed by atoms with Crippen LogP contribution in [-0.2, 0) is 4.74 Å². The Morgan fingerprint density at radius 1 is 1.35 bits per heavy atom. The Hall–Kier alpha value is -1.95. The molecule has 0 unspecified atom stereocenters. The number of ether oxygens (including phenoxy) is 1. The molecular weight excluding hydrogens is 332 g/mol. The zero-order valence-electron chi connectivity index (χ0n) is 12.5. The molecule has 1 aromatic heterocycles. The van der Waals surface area contributed by atoms with Crippen molar-refractivity contribution >= 4 is 39.1 Å². The van der Waals surface area contributed by atoms with E-state index in [1.165, 1.54) is 11.3 Å². The molecule has 1 N–H and O–H groups in total. The summed E-state index contributed by atoms with van der Waals surface area (Å²) in [7, 11) is 1.60. The standard InChI is InChI=1S/C17H15ClN2O2S/c1-22-15(12-4-2-3-5-13(12)18)9-19-17(21)11-6-7-14-16(8-11)23-10-20-14/h2-8,10,15H,9H2,1H3,(H,19,21)/t15-/m1/s1. The Kier molecular flexibility index (Phi) is 4.91. The highest BCUT2D eigenvalue weighted by atomic mass is 35.5. The van der Waals surface area contributed by atoms with Crippen molar-refractivity contribution in [3.8, 4) is 0 Å². The molecule has 118 valence electrons. The molecule has 0 aliphatic rings. The third-order valence-corrected chi connectivity index (χ3v) is 4.71. The number of hydrogen-bond donors (Lipinski definition) is 1. The highest BCUT2D eigenvalue weighted by Crippen LogP contribution is 2.24. The summed E-state index contributed by atoms with van der Waals surface area (Å²) >= 11 is 7.70. The third-order valence-electron chi connectivity index (χ3n) is 3.58. The van der Waals surface area contributed by atoms with E-state index in [9.17, 15) is 4.79 Å². The minimum atomic E-state index is -0.292. The van der Waals surface area contributed by atoms with Gasteiger partial charge in [0.25, 0.3) is 5.91 Å². The van der Waals surface area contributed by atoms with Gasteiger partial charge in [0.15, 0.2) is 0 Å². The van der Waals surface area contributed by atoms with Crippen LogP contribution in [0, 0.1) is 0 Å². The van der Waals surface area contributed by atoms with Crippen LogP contribution in [0.5, 0.6) is 0 Å². The lowest BCUT2D eigenvalue weighted by atomic mass is 10.1. The normalized spacial score (nSPS) is 12.3. The van der Waals surface area contributed by atoms with E-state index in [1.807, 2.05) is 36.4 Å². The topological polar surface area (TPSA) is 51.2 Å². The first-order chi connectivity index (χ1) is 11.2. The Morgan fingerprint density at radius 2 is 2.17 bits per heavy atom. The van der Waals surface area contributed by atoms with Crippen LogP contribution < -0.4 is 5.32 Å². The molecule has 2 aromatic carbocycles. The predicted octanol–water partition coefficient (Wildman–Crippen LogP) is 4.07. The highest BCUT2D eigenvalue weighted by molar-refractivity contribution is 7.16. The second kappa shape index (κ2) is 7.08. The molecule has 0 saturated carbocycles. The van der Waals surface area contributed by atoms with Crippen LogP contribution in [-0.4, -0.2) is 24.5 Å². The second-order valence-electron chi connectivity index (χ2n) is 4.99. The molecule has 3 aromatic rings. The van der Waals surface area contributed by atoms with Gasteiger partial charge in [0.05, 0.1) is 15.7 Å². The van der Waals surface area contributed by atoms with Gasteiger partial charge in [0, 0.05) is 29.8 Å². The molecule has 3 rings (SSSR count). The number of fused-ring (bicyclic) bond motifs is 1. The summed E-state index contributed by atoms with van der Waals surface area (Å²) in [6.45, 7) is 0.347. The first-order valence-corrected chi connectivity index (χ1v) is 8.33. The van der Waals surface area contributed by atoms with Gasteiger partial charge in [-0.15, -0.1) is 11.3 Å². The van der Waals surface area contributed by atoms with Crippen LogP contribution in [0.25, 0.3) is 10.2 Å². The number of methoxy groups -OCH3 is 1. The van der Waals surface area contributed by atoms with Gasteiger partial charge in [-0.05, 0) is 24.3 Å². The molecule has 0 aliphatic carbocycles. The molecule has 0 radical (unpaired) electrons. The maximum Gasteiger partial charge on any atom is 0.251 e. The number of rotatable bonds is 5. The molecule has 0 saturated heterocycles. The smallest absolute Gasteiger partial charge is 0.251 e. The molecule has 0 spiro atoms. The summed E-state index contributed by atoms with van der Waals surface area (Å²) in [5.74, 6) is -0.144. The van der Waals surface area contributed by atoms with E-state index in [0.29, 0.717) is 17.1 Å². The summed E-state index contributed by atoms with van der Waals surface area (Å²) < 4.78 is 6.45. The molecule has 1 atom stereocenters. The number of hydrogen-bond acceptors (Lipinski definition) is 4. The van der Waals surface area contributed by atoms with E-state index < -0.39 is 0 Å². The van der Waals surface area contributed by atoms with Crippen molar-refractivity contribution in [3.05, 3.63) is 64.1 Å². The summed E-state index contributed by atoms with van der Waals surface area (Å²) in [5, 5.41) is 3.52. The number of benzene rings is 2. The van der Waals surface area contributed by atoms with Crippen LogP contribution in [0.3, 0.4) is 0 Å². The van der Waals surface area contributed by atoms with Gasteiger partial charge < -0.3 is 10.1 Å². The van der Waals surface area contributed by atoms with Crippen molar-refractivity contribution in [2.24, 2.45) is 0 Å². The first-order valence-electron chi connectivity index (χ1n) is 7.07. The van der Waals surface area contributed by atoms with Gasteiger partial charge >= 0.3 is 0 Å². The lowest BCUT2D eigenvalue weighted by Crippen LogP contribution is -2.29. The van der Waals surface area contributed by atoms with Gasteiger partial charge in [-0.2, -0.15) is 0 Å². The number of carbonyl (C=O) groups excluding carboxylic acids is 1. The van der Waals surface area contributed by atoms with Crippen molar-refractivity contribution in [3.63, 3.8) is 0 Å². The summed E-state index contributed by atoms with van der Waals surface area (Å²) in [6, 6.07) is 12.9. The van der Waals surface area contributed by atoms with Gasteiger partial charge in [0.1, 0.15) is 6.10 Å². The Morgan fingerprint density at radius 3 is 2.96 bits per heavy atom. The fourth-order valence-electron chi connectivity index (χ4n) is 2.34. The molecule has 4 nitrogen and oxygen atoms in total. The molecule has 0 aliphatic heterocycles. The minimum Gasteiger partial charge on any atom is -0.375 e. The highest BCUT2D eigenvalue weighted by Gasteiger charge is 2.15. The number of nitrogens with one attached hydrogen (secondary N) is 1. The van der Waals surface area contributed by atoms with Crippen molar-refractivity contribution < 1.29 is 9.53 Å². The zero-order valence-corrected chi connectivity index (χ0v) is 14.0. The van der Waals surface area contributed by atoms with E-state index in [4.69, 9.17) is 16.3 Å². The fourth-order valence-corrected chi connectivity index (χ4v) is 3.31. The van der Waals surface area contributed by atoms with Crippen LogP contribution >= 0.6 is 22.9 Å². The molecule has 1 heterocycles. The number of amides is 1. The number of aromatic nitrogens is 1. The molecule has 0 fully saturated rings. The zero-order chi connectivity index (χ0) is 16.2. The minimum absolute atomic E-state index is 0.144. The number of halogens is 1. The van der Waals surface area contributed by atoms with E-state index in [2.05, 4.69) is 10.3 Å². The van der Waals surface area contributed by atoms with E-state index >= 15 is 0 Å². The summed E-state index contributed by atoms with van der Waals surface area (Å²) in [4.78, 5) is 16.5. The van der Waals surface area contributed by atoms with E-state index in [1.54, 1.807) is 18.7 Å². The first kappa shape index (κ1) is 15.9. The number of thiazole rings is 1. The average molecular weight is 347 g/mol. The maximum atomic E-state index is 12.3. The fraction of sp³-hybridized carbons (Fsp3) is 0.176. The van der Waals surface area contributed by atoms with Crippen LogP contribution in [0.1, 0.15) is 22.0 Å². The molecule has 0 bridgehead atoms. The summed E-state index contributed by atoms with van der Waals surface area (Å²) in [6.07, 6.45) is -0.292.